The van der Waals surface area contributed by atoms with Crippen LogP contribution in [0.25, 0.3) is 0 Å². The molecule has 0 bridgehead atoms. The fraction of sp³-hybridized carbons (Fsp3) is 0.831. The summed E-state index contributed by atoms with van der Waals surface area (Å²) < 4.78 is 41.3. The minimum atomic E-state index is -4.34. The number of nitrogens with zero attached hydrogens (tertiary/aromatic N) is 7. The number of rotatable bonds is 11. The molecule has 1 spiro atoms. The summed E-state index contributed by atoms with van der Waals surface area (Å²) >= 11 is 6.49. The Morgan fingerprint density at radius 2 is 1.11 bits per heavy atom. The van der Waals surface area contributed by atoms with Crippen molar-refractivity contribution < 1.29 is 65.9 Å². The maximum Gasteiger partial charge on any atom is 0.391 e. The van der Waals surface area contributed by atoms with Crippen molar-refractivity contribution in [2.75, 3.05) is 68.5 Å². The van der Waals surface area contributed by atoms with E-state index in [0.29, 0.717) is 51.4 Å². The topological polar surface area (TPSA) is 259 Å². The van der Waals surface area contributed by atoms with Crippen molar-refractivity contribution >= 4 is 76.6 Å². The maximum atomic E-state index is 15.1. The summed E-state index contributed by atoms with van der Waals surface area (Å²) in [5.41, 5.74) is -1.47. The van der Waals surface area contributed by atoms with E-state index >= 15 is 9.59 Å². The van der Waals surface area contributed by atoms with Crippen LogP contribution >= 0.6 is 11.6 Å². The number of hydrogen-bond donors (Lipinski definition) is 4. The molecule has 91 heavy (non-hydrogen) atoms. The summed E-state index contributed by atoms with van der Waals surface area (Å²) in [7, 11) is 8.62. The van der Waals surface area contributed by atoms with Crippen molar-refractivity contribution in [2.24, 2.45) is 35.5 Å². The normalized spacial score (nSPS) is 30.3. The maximum absolute atomic E-state index is 15.1. The third-order valence-electron chi connectivity index (χ3n) is 19.9. The molecule has 5 rings (SSSR count). The molecule has 0 unspecified atom stereocenters. The van der Waals surface area contributed by atoms with Crippen molar-refractivity contribution in [3.05, 3.63) is 0 Å². The van der Waals surface area contributed by atoms with E-state index in [2.05, 4.69) is 21.3 Å². The lowest BCUT2D eigenvalue weighted by Gasteiger charge is -2.39. The van der Waals surface area contributed by atoms with Crippen molar-refractivity contribution in [1.29, 1.82) is 0 Å². The summed E-state index contributed by atoms with van der Waals surface area (Å²) in [5, 5.41) is 11.6. The Balaban J connectivity index is 1.53. The molecule has 2 saturated heterocycles. The number of nitrogens with one attached hydrogen (secondary N) is 4. The fourth-order valence-corrected chi connectivity index (χ4v) is 14.1. The predicted octanol–water partition coefficient (Wildman–Crippen LogP) is 5.62. The highest BCUT2D eigenvalue weighted by atomic mass is 35.5. The van der Waals surface area contributed by atoms with Crippen LogP contribution in [0.5, 0.6) is 0 Å². The number of carbonyl (C=O) groups is 11. The molecule has 8 atom stereocenters. The molecule has 516 valence electrons. The monoisotopic (exact) mass is 1310 g/mol. The predicted molar refractivity (Wildman–Crippen MR) is 338 cm³/mol. The van der Waals surface area contributed by atoms with Crippen LogP contribution < -0.4 is 21.3 Å². The third kappa shape index (κ3) is 20.9. The Morgan fingerprint density at radius 3 is 1.68 bits per heavy atom. The van der Waals surface area contributed by atoms with Gasteiger partial charge in [-0.3, -0.25) is 52.7 Å². The van der Waals surface area contributed by atoms with Gasteiger partial charge >= 0.3 is 6.18 Å². The van der Waals surface area contributed by atoms with Gasteiger partial charge in [0, 0.05) is 66.7 Å². The number of hydrogen-bond acceptors (Lipinski definition) is 11. The molecular formula is C65H107ClF3N11O11. The van der Waals surface area contributed by atoms with Crippen LogP contribution in [0.4, 0.5) is 13.2 Å². The van der Waals surface area contributed by atoms with Crippen LogP contribution in [0.15, 0.2) is 0 Å². The Labute approximate surface area is 542 Å². The number of carbonyl (C=O) groups excluding carboxylic acids is 11. The summed E-state index contributed by atoms with van der Waals surface area (Å²) in [6, 6.07) is -7.53. The van der Waals surface area contributed by atoms with Gasteiger partial charge in [0.25, 0.3) is 0 Å². The molecule has 4 N–H and O–H groups in total. The van der Waals surface area contributed by atoms with E-state index in [-0.39, 0.29) is 119 Å². The van der Waals surface area contributed by atoms with Gasteiger partial charge in [-0.25, -0.2) is 0 Å². The summed E-state index contributed by atoms with van der Waals surface area (Å²) in [6.07, 6.45) is 2.03. The highest BCUT2D eigenvalue weighted by Crippen LogP contribution is 2.41. The van der Waals surface area contributed by atoms with Gasteiger partial charge in [-0.1, -0.05) is 60.8 Å². The molecule has 22 nitrogen and oxygen atoms in total. The van der Waals surface area contributed by atoms with Crippen molar-refractivity contribution in [3.63, 3.8) is 0 Å². The van der Waals surface area contributed by atoms with E-state index in [1.165, 1.54) is 61.9 Å². The van der Waals surface area contributed by atoms with E-state index in [4.69, 9.17) is 11.6 Å². The van der Waals surface area contributed by atoms with Crippen LogP contribution in [-0.4, -0.2) is 227 Å². The first-order valence-corrected chi connectivity index (χ1v) is 33.8. The van der Waals surface area contributed by atoms with Gasteiger partial charge in [0.05, 0.1) is 25.6 Å². The molecule has 3 aliphatic carbocycles. The van der Waals surface area contributed by atoms with Gasteiger partial charge in [-0.2, -0.15) is 13.2 Å². The second-order valence-electron chi connectivity index (χ2n) is 28.1. The van der Waals surface area contributed by atoms with E-state index < -0.39 is 150 Å². The SMILES string of the molecule is CC[C@H](C)[C@@H]1NC(=O)[C@H](CC(C)C)N(C)C(=O)C[C@@H](C)NC(=O)[C@H](CC(C)C)N(C)C(=O)C2(CCCC2)NC(=O)[C@@H]2CCCN2C(=O)[C@H](CCC2CCC(C(F)(F)F)CC2)NC(=O)CN(C)C(=O)[C@H](CC2CCC(Cl)CC2)N(C)C(=O)CN(C)C(=O)CN(C)C1=O. The van der Waals surface area contributed by atoms with Crippen LogP contribution in [0.3, 0.4) is 0 Å². The number of halogens is 4. The summed E-state index contributed by atoms with van der Waals surface area (Å²) in [6.45, 7) is 11.4. The lowest BCUT2D eigenvalue weighted by molar-refractivity contribution is -0.184. The largest absolute Gasteiger partial charge is 0.391 e. The molecule has 0 aromatic carbocycles. The van der Waals surface area contributed by atoms with Crippen LogP contribution in [0.2, 0.25) is 0 Å². The molecule has 26 heteroatoms. The van der Waals surface area contributed by atoms with Crippen LogP contribution in [0.1, 0.15) is 183 Å². The van der Waals surface area contributed by atoms with Crippen LogP contribution in [0, 0.1) is 35.5 Å². The molecule has 3 saturated carbocycles. The van der Waals surface area contributed by atoms with E-state index in [0.717, 1.165) is 14.7 Å². The first kappa shape index (κ1) is 76.0. The molecule has 0 radical (unpaired) electrons. The smallest absolute Gasteiger partial charge is 0.351 e. The molecule has 2 heterocycles. The average molecular weight is 1310 g/mol. The number of alkyl halides is 4. The van der Waals surface area contributed by atoms with Gasteiger partial charge in [0.1, 0.15) is 41.8 Å². The lowest BCUT2D eigenvalue weighted by Crippen LogP contribution is -2.64. The molecule has 2 aliphatic heterocycles. The molecule has 11 amide bonds. The van der Waals surface area contributed by atoms with Gasteiger partial charge < -0.3 is 55.6 Å². The first-order chi connectivity index (χ1) is 42.6. The molecular weight excluding hydrogens is 1200 g/mol. The average Bonchev–Trinajstić information content (AvgIpc) is 1.74. The van der Waals surface area contributed by atoms with Crippen molar-refractivity contribution in [3.8, 4) is 0 Å². The Bertz CT molecular complexity index is 2560. The highest BCUT2D eigenvalue weighted by molar-refractivity contribution is 6.20. The standard InChI is InChI=1S/C65H107ClF3N11O11/c1-14-41(6)56-62(90)76(10)37-54(83)74(8)38-55(84)78(12)51(35-44-21-26-46(66)27-22-44)61(89)75(9)36-52(81)71-47(28-23-43-19-24-45(25-20-43)65(67,68)69)60(88)80-31-17-18-48(80)59(87)73-64(29-15-16-30-64)63(91)79(13)50(33-40(4)5)57(85)70-42(7)34-53(82)77(11)49(32-39(2)3)58(86)72-56/h39-51,56H,14-38H2,1-13H3,(H,70,85)(H,71,81)(H,72,86)(H,73,87)/t41-,42+,43?,44?,45?,46?,47-,48-,49-,50-,51-,56-/m0/s1. The van der Waals surface area contributed by atoms with Crippen molar-refractivity contribution in [1.82, 2.24) is 55.6 Å². The molecule has 0 aromatic rings. The van der Waals surface area contributed by atoms with Crippen LogP contribution in [-0.2, 0) is 52.7 Å². The fourth-order valence-electron chi connectivity index (χ4n) is 13.9. The molecule has 5 fully saturated rings. The third-order valence-corrected chi connectivity index (χ3v) is 20.4. The van der Waals surface area contributed by atoms with E-state index in [1.54, 1.807) is 13.8 Å². The van der Waals surface area contributed by atoms with E-state index in [1.807, 2.05) is 34.6 Å². The van der Waals surface area contributed by atoms with Crippen molar-refractivity contribution in [2.45, 2.75) is 243 Å². The zero-order chi connectivity index (χ0) is 68.0. The number of fused-ring (bicyclic) bond motifs is 1. The van der Waals surface area contributed by atoms with Gasteiger partial charge in [0.2, 0.25) is 65.0 Å². The Hall–Kier alpha value is -5.75. The highest BCUT2D eigenvalue weighted by Gasteiger charge is 2.50. The zero-order valence-corrected chi connectivity index (χ0v) is 57.1. The quantitative estimate of drug-likeness (QED) is 0.185. The minimum absolute atomic E-state index is 0.0113. The number of likely N-dealkylation sites (N-methyl/N-ethyl adjacent to an activating group) is 6. The van der Waals surface area contributed by atoms with Gasteiger partial charge in [0.15, 0.2) is 0 Å². The van der Waals surface area contributed by atoms with Gasteiger partial charge in [-0.15, -0.1) is 11.6 Å². The second kappa shape index (κ2) is 33.9. The summed E-state index contributed by atoms with van der Waals surface area (Å²) in [5.74, 6) is -8.86. The van der Waals surface area contributed by atoms with E-state index in [9.17, 15) is 56.3 Å². The Morgan fingerprint density at radius 1 is 0.571 bits per heavy atom. The first-order valence-electron chi connectivity index (χ1n) is 33.3. The molecule has 0 aromatic heterocycles. The summed E-state index contributed by atoms with van der Waals surface area (Å²) in [4.78, 5) is 169. The lowest BCUT2D eigenvalue weighted by atomic mass is 9.79. The second-order valence-corrected chi connectivity index (χ2v) is 28.8. The Kier molecular flexibility index (Phi) is 28.3. The minimum Gasteiger partial charge on any atom is -0.351 e. The molecule has 5 aliphatic rings. The number of amides is 11. The van der Waals surface area contributed by atoms with Gasteiger partial charge in [-0.05, 0) is 146 Å². The zero-order valence-electron chi connectivity index (χ0n) is 56.4.